The first-order chi connectivity index (χ1) is 6.74. The molecule has 0 aromatic carbocycles. The first kappa shape index (κ1) is 11.5. The van der Waals surface area contributed by atoms with E-state index in [2.05, 4.69) is 0 Å². The van der Waals surface area contributed by atoms with Gasteiger partial charge in [0.05, 0.1) is 19.3 Å². The average Bonchev–Trinajstić information content (AvgIpc) is 2.18. The van der Waals surface area contributed by atoms with Crippen LogP contribution in [0.3, 0.4) is 0 Å². The highest BCUT2D eigenvalue weighted by Gasteiger charge is 2.27. The zero-order valence-electron chi connectivity index (χ0n) is 8.57. The van der Waals surface area contributed by atoms with Crippen molar-refractivity contribution in [3.05, 3.63) is 0 Å². The Balaban J connectivity index is 2.22. The molecule has 1 saturated heterocycles. The van der Waals surface area contributed by atoms with E-state index < -0.39 is 12.2 Å². The van der Waals surface area contributed by atoms with Crippen LogP contribution in [0, 0.1) is 0 Å². The highest BCUT2D eigenvalue weighted by molar-refractivity contribution is 5.74. The number of aliphatic hydroxyl groups is 1. The molecule has 0 radical (unpaired) electrons. The second-order valence-electron chi connectivity index (χ2n) is 3.56. The molecule has 1 fully saturated rings. The lowest BCUT2D eigenvalue weighted by Gasteiger charge is -2.24. The van der Waals surface area contributed by atoms with Gasteiger partial charge in [0, 0.05) is 6.42 Å². The van der Waals surface area contributed by atoms with Crippen molar-refractivity contribution in [2.75, 3.05) is 13.2 Å². The van der Waals surface area contributed by atoms with Crippen LogP contribution in [-0.2, 0) is 14.3 Å². The third kappa shape index (κ3) is 3.64. The predicted octanol–water partition coefficient (Wildman–Crippen LogP) is 0.870. The molecule has 2 unspecified atom stereocenters. The number of aliphatic hydroxyl groups excluding tert-OH is 1. The van der Waals surface area contributed by atoms with Gasteiger partial charge in [-0.25, -0.2) is 4.79 Å². The van der Waals surface area contributed by atoms with Crippen LogP contribution in [0.2, 0.25) is 0 Å². The predicted molar refractivity (Wildman–Crippen MR) is 50.8 cm³/mol. The molecule has 0 aromatic rings. The molecule has 4 nitrogen and oxygen atoms in total. The molecule has 4 heteroatoms. The lowest BCUT2D eigenvalue weighted by atomic mass is 10.1. The summed E-state index contributed by atoms with van der Waals surface area (Å²) >= 11 is 0. The monoisotopic (exact) mass is 202 g/mol. The van der Waals surface area contributed by atoms with Gasteiger partial charge in [-0.2, -0.15) is 0 Å². The Morgan fingerprint density at radius 2 is 2.43 bits per heavy atom. The van der Waals surface area contributed by atoms with Gasteiger partial charge in [0.25, 0.3) is 0 Å². The van der Waals surface area contributed by atoms with Gasteiger partial charge in [-0.15, -0.1) is 0 Å². The van der Waals surface area contributed by atoms with Crippen LogP contribution in [0.1, 0.15) is 32.6 Å². The van der Waals surface area contributed by atoms with Gasteiger partial charge >= 0.3 is 5.97 Å². The zero-order chi connectivity index (χ0) is 10.4. The molecular formula is C10H18O4. The Labute approximate surface area is 84.2 Å². The Hall–Kier alpha value is -0.610. The lowest BCUT2D eigenvalue weighted by molar-refractivity contribution is -0.164. The first-order valence-electron chi connectivity index (χ1n) is 5.20. The summed E-state index contributed by atoms with van der Waals surface area (Å²) in [7, 11) is 0. The molecule has 0 bridgehead atoms. The standard InChI is InChI=1S/C10H18O4/c1-2-3-5-14-10(12)9-7-8(11)4-6-13-9/h8-9,11H,2-7H2,1H3. The number of hydrogen-bond acceptors (Lipinski definition) is 4. The first-order valence-corrected chi connectivity index (χ1v) is 5.20. The van der Waals surface area contributed by atoms with Gasteiger partial charge in [-0.3, -0.25) is 0 Å². The minimum absolute atomic E-state index is 0.336. The summed E-state index contributed by atoms with van der Waals surface area (Å²) in [6, 6.07) is 0. The number of unbranched alkanes of at least 4 members (excludes halogenated alkanes) is 1. The van der Waals surface area contributed by atoms with Gasteiger partial charge in [0.15, 0.2) is 6.10 Å². The molecule has 14 heavy (non-hydrogen) atoms. The fourth-order valence-corrected chi connectivity index (χ4v) is 1.35. The highest BCUT2D eigenvalue weighted by Crippen LogP contribution is 2.14. The maximum absolute atomic E-state index is 11.4. The van der Waals surface area contributed by atoms with Crippen LogP contribution in [0.5, 0.6) is 0 Å². The fraction of sp³-hybridized carbons (Fsp3) is 0.900. The van der Waals surface area contributed by atoms with E-state index in [1.165, 1.54) is 0 Å². The molecule has 1 rings (SSSR count). The molecule has 0 saturated carbocycles. The number of ether oxygens (including phenoxy) is 2. The van der Waals surface area contributed by atoms with E-state index >= 15 is 0 Å². The van der Waals surface area contributed by atoms with Crippen LogP contribution in [-0.4, -0.2) is 36.5 Å². The Morgan fingerprint density at radius 1 is 1.64 bits per heavy atom. The van der Waals surface area contributed by atoms with E-state index in [-0.39, 0.29) is 5.97 Å². The van der Waals surface area contributed by atoms with Crippen molar-refractivity contribution < 1.29 is 19.4 Å². The van der Waals surface area contributed by atoms with Crippen LogP contribution in [0.15, 0.2) is 0 Å². The van der Waals surface area contributed by atoms with Crippen molar-refractivity contribution in [2.45, 2.75) is 44.8 Å². The van der Waals surface area contributed by atoms with Crippen molar-refractivity contribution in [1.29, 1.82) is 0 Å². The number of esters is 1. The molecule has 1 aliphatic heterocycles. The van der Waals surface area contributed by atoms with Crippen molar-refractivity contribution in [2.24, 2.45) is 0 Å². The van der Waals surface area contributed by atoms with Gasteiger partial charge in [-0.05, 0) is 12.8 Å². The van der Waals surface area contributed by atoms with Gasteiger partial charge in [0.2, 0.25) is 0 Å². The normalized spacial score (nSPS) is 27.3. The van der Waals surface area contributed by atoms with Crippen LogP contribution < -0.4 is 0 Å². The number of carbonyl (C=O) groups is 1. The third-order valence-corrected chi connectivity index (χ3v) is 2.26. The molecule has 1 heterocycles. The van der Waals surface area contributed by atoms with E-state index in [1.54, 1.807) is 0 Å². The molecule has 0 amide bonds. The van der Waals surface area contributed by atoms with Crippen molar-refractivity contribution in [3.8, 4) is 0 Å². The zero-order valence-corrected chi connectivity index (χ0v) is 8.57. The molecule has 0 spiro atoms. The molecule has 0 aliphatic carbocycles. The second-order valence-corrected chi connectivity index (χ2v) is 3.56. The maximum atomic E-state index is 11.4. The Morgan fingerprint density at radius 3 is 3.07 bits per heavy atom. The molecule has 2 atom stereocenters. The van der Waals surface area contributed by atoms with E-state index in [4.69, 9.17) is 9.47 Å². The Kier molecular flexibility index (Phi) is 4.90. The van der Waals surface area contributed by atoms with E-state index in [0.717, 1.165) is 12.8 Å². The van der Waals surface area contributed by atoms with Crippen molar-refractivity contribution in [1.82, 2.24) is 0 Å². The molecular weight excluding hydrogens is 184 g/mol. The summed E-state index contributed by atoms with van der Waals surface area (Å²) in [6.45, 7) is 2.93. The number of rotatable bonds is 4. The minimum atomic E-state index is -0.560. The second kappa shape index (κ2) is 5.98. The summed E-state index contributed by atoms with van der Waals surface area (Å²) in [5, 5.41) is 9.31. The largest absolute Gasteiger partial charge is 0.464 e. The molecule has 1 aliphatic rings. The summed E-state index contributed by atoms with van der Waals surface area (Å²) < 4.78 is 10.2. The number of carbonyl (C=O) groups excluding carboxylic acids is 1. The van der Waals surface area contributed by atoms with Crippen molar-refractivity contribution in [3.63, 3.8) is 0 Å². The molecule has 0 aromatic heterocycles. The maximum Gasteiger partial charge on any atom is 0.335 e. The summed E-state index contributed by atoms with van der Waals surface area (Å²) in [4.78, 5) is 11.4. The van der Waals surface area contributed by atoms with Crippen LogP contribution >= 0.6 is 0 Å². The Bertz CT molecular complexity index is 181. The van der Waals surface area contributed by atoms with Gasteiger partial charge < -0.3 is 14.6 Å². The van der Waals surface area contributed by atoms with Gasteiger partial charge in [-0.1, -0.05) is 13.3 Å². The molecule has 82 valence electrons. The summed E-state index contributed by atoms with van der Waals surface area (Å²) in [5.41, 5.74) is 0. The SMILES string of the molecule is CCCCOC(=O)C1CC(O)CCO1. The summed E-state index contributed by atoms with van der Waals surface area (Å²) in [6.07, 6.45) is 1.87. The average molecular weight is 202 g/mol. The van der Waals surface area contributed by atoms with E-state index in [0.29, 0.717) is 26.1 Å². The van der Waals surface area contributed by atoms with Crippen molar-refractivity contribution >= 4 is 5.97 Å². The lowest BCUT2D eigenvalue weighted by Crippen LogP contribution is -2.36. The van der Waals surface area contributed by atoms with Crippen LogP contribution in [0.25, 0.3) is 0 Å². The topological polar surface area (TPSA) is 55.8 Å². The quantitative estimate of drug-likeness (QED) is 0.543. The van der Waals surface area contributed by atoms with Crippen LogP contribution in [0.4, 0.5) is 0 Å². The van der Waals surface area contributed by atoms with E-state index in [1.807, 2.05) is 6.92 Å². The van der Waals surface area contributed by atoms with Gasteiger partial charge in [0.1, 0.15) is 0 Å². The third-order valence-electron chi connectivity index (χ3n) is 2.26. The minimum Gasteiger partial charge on any atom is -0.464 e. The fourth-order valence-electron chi connectivity index (χ4n) is 1.35. The number of hydrogen-bond donors (Lipinski definition) is 1. The highest BCUT2D eigenvalue weighted by atomic mass is 16.6. The summed E-state index contributed by atoms with van der Waals surface area (Å²) in [5.74, 6) is -0.336. The smallest absolute Gasteiger partial charge is 0.335 e. The van der Waals surface area contributed by atoms with E-state index in [9.17, 15) is 9.90 Å². The molecule has 1 N–H and O–H groups in total.